The monoisotopic (exact) mass is 232 g/mol. The number of hydrogen-bond acceptors (Lipinski definition) is 5. The van der Waals surface area contributed by atoms with Gasteiger partial charge in [-0.1, -0.05) is 0 Å². The number of rotatable bonds is 3. The number of carbonyl (C=O) groups excluding carboxylic acids is 1. The highest BCUT2D eigenvalue weighted by molar-refractivity contribution is 7.99. The van der Waals surface area contributed by atoms with Gasteiger partial charge >= 0.3 is 0 Å². The van der Waals surface area contributed by atoms with Crippen molar-refractivity contribution in [2.75, 3.05) is 38.0 Å². The van der Waals surface area contributed by atoms with Crippen molar-refractivity contribution in [2.24, 2.45) is 0 Å². The summed E-state index contributed by atoms with van der Waals surface area (Å²) in [5, 5.41) is 6.00. The fourth-order valence-electron chi connectivity index (χ4n) is 1.56. The van der Waals surface area contributed by atoms with Gasteiger partial charge in [0.2, 0.25) is 5.91 Å². The van der Waals surface area contributed by atoms with Crippen molar-refractivity contribution in [3.05, 3.63) is 0 Å². The number of hydrogen-bond donors (Lipinski definition) is 2. The van der Waals surface area contributed by atoms with Gasteiger partial charge in [0.1, 0.15) is 0 Å². The zero-order chi connectivity index (χ0) is 10.5. The van der Waals surface area contributed by atoms with Gasteiger partial charge in [0.05, 0.1) is 32.0 Å². The van der Waals surface area contributed by atoms with Crippen LogP contribution >= 0.6 is 11.8 Å². The second-order valence-electron chi connectivity index (χ2n) is 3.58. The number of thioether (sulfide) groups is 1. The zero-order valence-corrected chi connectivity index (χ0v) is 9.35. The maximum Gasteiger partial charge on any atom is 0.238 e. The van der Waals surface area contributed by atoms with Gasteiger partial charge in [-0.15, -0.1) is 11.8 Å². The molecule has 0 aromatic heterocycles. The first-order valence-corrected chi connectivity index (χ1v) is 6.30. The molecule has 0 aliphatic carbocycles. The molecule has 0 spiro atoms. The van der Waals surface area contributed by atoms with Crippen molar-refractivity contribution >= 4 is 17.7 Å². The molecule has 2 fully saturated rings. The summed E-state index contributed by atoms with van der Waals surface area (Å²) in [5.74, 6) is 1.78. The molecular formula is C9H16N2O3S. The molecule has 2 heterocycles. The largest absolute Gasteiger partial charge is 0.376 e. The van der Waals surface area contributed by atoms with Crippen molar-refractivity contribution in [3.63, 3.8) is 0 Å². The lowest BCUT2D eigenvalue weighted by atomic mass is 10.3. The highest BCUT2D eigenvalue weighted by Crippen LogP contribution is 2.09. The van der Waals surface area contributed by atoms with Crippen LogP contribution in [0.1, 0.15) is 0 Å². The third-order valence-electron chi connectivity index (χ3n) is 2.42. The van der Waals surface area contributed by atoms with E-state index < -0.39 is 0 Å². The average molecular weight is 232 g/mol. The Morgan fingerprint density at radius 1 is 1.53 bits per heavy atom. The van der Waals surface area contributed by atoms with Gasteiger partial charge in [-0.2, -0.15) is 0 Å². The molecule has 1 unspecified atom stereocenters. The van der Waals surface area contributed by atoms with Crippen LogP contribution in [0.3, 0.4) is 0 Å². The molecule has 0 bridgehead atoms. The Morgan fingerprint density at radius 2 is 2.47 bits per heavy atom. The number of ether oxygens (including phenoxy) is 2. The molecule has 2 rings (SSSR count). The predicted octanol–water partition coefficient (Wildman–Crippen LogP) is -0.819. The van der Waals surface area contributed by atoms with E-state index in [0.29, 0.717) is 26.4 Å². The third-order valence-corrected chi connectivity index (χ3v) is 3.36. The van der Waals surface area contributed by atoms with Gasteiger partial charge < -0.3 is 14.8 Å². The van der Waals surface area contributed by atoms with Crippen molar-refractivity contribution in [3.8, 4) is 0 Å². The van der Waals surface area contributed by atoms with Crippen molar-refractivity contribution in [1.82, 2.24) is 10.6 Å². The first kappa shape index (κ1) is 11.2. The third kappa shape index (κ3) is 3.34. The molecule has 2 aliphatic rings. The molecule has 2 aliphatic heterocycles. The van der Waals surface area contributed by atoms with E-state index >= 15 is 0 Å². The van der Waals surface area contributed by atoms with Crippen LogP contribution in [-0.4, -0.2) is 56.0 Å². The van der Waals surface area contributed by atoms with Crippen LogP contribution < -0.4 is 10.6 Å². The summed E-state index contributed by atoms with van der Waals surface area (Å²) in [4.78, 5) is 11.6. The van der Waals surface area contributed by atoms with Crippen molar-refractivity contribution in [2.45, 2.75) is 12.1 Å². The lowest BCUT2D eigenvalue weighted by molar-refractivity contribution is -0.125. The van der Waals surface area contributed by atoms with Gasteiger partial charge in [0, 0.05) is 18.2 Å². The second kappa shape index (κ2) is 5.69. The summed E-state index contributed by atoms with van der Waals surface area (Å²) >= 11 is 1.74. The van der Waals surface area contributed by atoms with E-state index in [1.54, 1.807) is 11.8 Å². The maximum absolute atomic E-state index is 11.6. The molecule has 5 nitrogen and oxygen atoms in total. The quantitative estimate of drug-likeness (QED) is 0.666. The minimum Gasteiger partial charge on any atom is -0.376 e. The van der Waals surface area contributed by atoms with Crippen LogP contribution in [0.25, 0.3) is 0 Å². The van der Waals surface area contributed by atoms with Crippen LogP contribution in [0.2, 0.25) is 0 Å². The Kier molecular flexibility index (Phi) is 4.25. The number of carbonyl (C=O) groups is 1. The van der Waals surface area contributed by atoms with E-state index in [0.717, 1.165) is 11.6 Å². The van der Waals surface area contributed by atoms with Crippen LogP contribution in [0.4, 0.5) is 0 Å². The van der Waals surface area contributed by atoms with Crippen molar-refractivity contribution < 1.29 is 14.3 Å². The van der Waals surface area contributed by atoms with Crippen molar-refractivity contribution in [1.29, 1.82) is 0 Å². The van der Waals surface area contributed by atoms with E-state index in [9.17, 15) is 4.79 Å². The Hall–Kier alpha value is -0.300. The molecule has 1 amide bonds. The zero-order valence-electron chi connectivity index (χ0n) is 8.53. The summed E-state index contributed by atoms with van der Waals surface area (Å²) in [6.45, 7) is 2.40. The smallest absolute Gasteiger partial charge is 0.238 e. The summed E-state index contributed by atoms with van der Waals surface area (Å²) in [5.41, 5.74) is 0. The van der Waals surface area contributed by atoms with Crippen LogP contribution in [-0.2, 0) is 14.3 Å². The minimum atomic E-state index is -0.0421. The Balaban J connectivity index is 1.65. The van der Waals surface area contributed by atoms with Crippen LogP contribution in [0.5, 0.6) is 0 Å². The summed E-state index contributed by atoms with van der Waals surface area (Å²) in [6, 6.07) is -0.0421. The highest BCUT2D eigenvalue weighted by Gasteiger charge is 2.23. The second-order valence-corrected chi connectivity index (χ2v) is 4.61. The van der Waals surface area contributed by atoms with Gasteiger partial charge in [0.15, 0.2) is 0 Å². The number of nitrogens with one attached hydrogen (secondary N) is 2. The van der Waals surface area contributed by atoms with E-state index in [-0.39, 0.29) is 18.1 Å². The summed E-state index contributed by atoms with van der Waals surface area (Å²) in [6.07, 6.45) is 0.0109. The lowest BCUT2D eigenvalue weighted by Crippen LogP contribution is -2.46. The molecule has 2 atom stereocenters. The topological polar surface area (TPSA) is 59.6 Å². The van der Waals surface area contributed by atoms with Gasteiger partial charge in [-0.3, -0.25) is 10.1 Å². The predicted molar refractivity (Wildman–Crippen MR) is 57.8 cm³/mol. The van der Waals surface area contributed by atoms with E-state index in [4.69, 9.17) is 9.47 Å². The molecule has 2 N–H and O–H groups in total. The Labute approximate surface area is 93.3 Å². The minimum absolute atomic E-state index is 0.0109. The SMILES string of the molecule is O=C(NCC1COCCO1)[C@H]1CSCN1. The van der Waals surface area contributed by atoms with E-state index in [2.05, 4.69) is 10.6 Å². The first-order valence-electron chi connectivity index (χ1n) is 5.14. The fourth-order valence-corrected chi connectivity index (χ4v) is 2.50. The Bertz CT molecular complexity index is 215. The molecule has 0 radical (unpaired) electrons. The molecule has 0 saturated carbocycles. The van der Waals surface area contributed by atoms with Gasteiger partial charge in [0.25, 0.3) is 0 Å². The van der Waals surface area contributed by atoms with Gasteiger partial charge in [-0.05, 0) is 0 Å². The lowest BCUT2D eigenvalue weighted by Gasteiger charge is -2.23. The van der Waals surface area contributed by atoms with Crippen LogP contribution in [0, 0.1) is 0 Å². The van der Waals surface area contributed by atoms with Crippen LogP contribution in [0.15, 0.2) is 0 Å². The first-order chi connectivity index (χ1) is 7.36. The maximum atomic E-state index is 11.6. The van der Waals surface area contributed by atoms with Gasteiger partial charge in [-0.25, -0.2) is 0 Å². The number of amides is 1. The Morgan fingerprint density at radius 3 is 3.13 bits per heavy atom. The molecule has 86 valence electrons. The summed E-state index contributed by atoms with van der Waals surface area (Å²) in [7, 11) is 0. The standard InChI is InChI=1S/C9H16N2O3S/c12-9(8-5-15-6-11-8)10-3-7-4-13-1-2-14-7/h7-8,11H,1-6H2,(H,10,12)/t7?,8-/m1/s1. The molecule has 0 aromatic rings. The molecule has 2 saturated heterocycles. The highest BCUT2D eigenvalue weighted by atomic mass is 32.2. The fraction of sp³-hybridized carbons (Fsp3) is 0.889. The molecule has 0 aromatic carbocycles. The normalized spacial score (nSPS) is 31.5. The molecule has 15 heavy (non-hydrogen) atoms. The van der Waals surface area contributed by atoms with E-state index in [1.807, 2.05) is 0 Å². The average Bonchev–Trinajstić information content (AvgIpc) is 2.81. The van der Waals surface area contributed by atoms with E-state index in [1.165, 1.54) is 0 Å². The molecular weight excluding hydrogens is 216 g/mol. The molecule has 6 heteroatoms. The summed E-state index contributed by atoms with van der Waals surface area (Å²) < 4.78 is 10.7.